The zero-order valence-electron chi connectivity index (χ0n) is 13.1. The summed E-state index contributed by atoms with van der Waals surface area (Å²) < 4.78 is 13.5. The molecule has 5 heteroatoms. The van der Waals surface area contributed by atoms with Crippen molar-refractivity contribution in [2.24, 2.45) is 0 Å². The molecule has 1 aromatic carbocycles. The third kappa shape index (κ3) is 5.63. The van der Waals surface area contributed by atoms with Gasteiger partial charge < -0.3 is 0 Å². The molecule has 2 atom stereocenters. The van der Waals surface area contributed by atoms with E-state index in [9.17, 15) is 4.39 Å². The number of halogens is 1. The monoisotopic (exact) mass is 326 g/mol. The molecule has 1 rings (SSSR count). The topological polar surface area (TPSA) is 27.0 Å². The standard InChI is InChI=1S/C16H25FN2P2/c1-16(2,3)19(10-5-4-9-18)11-8-12-6-7-13(17)15(21)14(12)20/h6-7H,4-5,8,10-11,20-21H2,1-3H3. The van der Waals surface area contributed by atoms with Crippen LogP contribution in [0, 0.1) is 17.1 Å². The van der Waals surface area contributed by atoms with E-state index >= 15 is 0 Å². The number of hydrogen-bond donors (Lipinski definition) is 0. The number of hydrogen-bond acceptors (Lipinski definition) is 2. The van der Waals surface area contributed by atoms with Gasteiger partial charge in [-0.05, 0) is 57.1 Å². The molecule has 0 saturated heterocycles. The molecule has 0 radical (unpaired) electrons. The van der Waals surface area contributed by atoms with Gasteiger partial charge in [-0.25, -0.2) is 4.39 Å². The van der Waals surface area contributed by atoms with E-state index in [2.05, 4.69) is 50.2 Å². The van der Waals surface area contributed by atoms with E-state index in [1.165, 1.54) is 6.07 Å². The lowest BCUT2D eigenvalue weighted by molar-refractivity contribution is 0.137. The highest BCUT2D eigenvalue weighted by Gasteiger charge is 2.20. The molecule has 1 aromatic rings. The number of benzene rings is 1. The van der Waals surface area contributed by atoms with Crippen molar-refractivity contribution in [1.82, 2.24) is 4.90 Å². The average Bonchev–Trinajstić information content (AvgIpc) is 2.40. The largest absolute Gasteiger partial charge is 0.298 e. The van der Waals surface area contributed by atoms with Crippen LogP contribution in [0.1, 0.15) is 39.2 Å². The predicted octanol–water partition coefficient (Wildman–Crippen LogP) is 2.77. The molecule has 0 saturated carbocycles. The Morgan fingerprint density at radius 2 is 1.86 bits per heavy atom. The number of unbranched alkanes of at least 4 members (excludes halogenated alkanes) is 1. The Morgan fingerprint density at radius 3 is 2.43 bits per heavy atom. The first-order valence-corrected chi connectivity index (χ1v) is 8.37. The Balaban J connectivity index is 2.73. The van der Waals surface area contributed by atoms with Gasteiger partial charge in [0, 0.05) is 23.8 Å². The first-order chi connectivity index (χ1) is 9.77. The first-order valence-electron chi connectivity index (χ1n) is 7.21. The van der Waals surface area contributed by atoms with Crippen molar-refractivity contribution in [1.29, 1.82) is 5.26 Å². The maximum Gasteiger partial charge on any atom is 0.130 e. The molecule has 2 unspecified atom stereocenters. The van der Waals surface area contributed by atoms with Crippen molar-refractivity contribution in [2.75, 3.05) is 13.1 Å². The van der Waals surface area contributed by atoms with E-state index in [0.717, 1.165) is 36.8 Å². The Hall–Kier alpha value is -0.540. The second-order valence-electron chi connectivity index (χ2n) is 6.20. The minimum Gasteiger partial charge on any atom is -0.298 e. The van der Waals surface area contributed by atoms with Crippen molar-refractivity contribution >= 4 is 29.1 Å². The molecule has 0 aliphatic rings. The van der Waals surface area contributed by atoms with Crippen LogP contribution in [0.5, 0.6) is 0 Å². The summed E-state index contributed by atoms with van der Waals surface area (Å²) in [5.74, 6) is -0.185. The number of nitrogens with zero attached hydrogens (tertiary/aromatic N) is 2. The molecule has 0 aliphatic carbocycles. The Kier molecular flexibility index (Phi) is 7.22. The fourth-order valence-corrected chi connectivity index (χ4v) is 2.92. The quantitative estimate of drug-likeness (QED) is 0.594. The summed E-state index contributed by atoms with van der Waals surface area (Å²) in [5, 5.41) is 10.2. The zero-order valence-corrected chi connectivity index (χ0v) is 15.4. The summed E-state index contributed by atoms with van der Waals surface area (Å²) in [6.45, 7) is 8.39. The molecular weight excluding hydrogens is 301 g/mol. The second kappa shape index (κ2) is 8.19. The maximum atomic E-state index is 13.5. The number of nitriles is 1. The van der Waals surface area contributed by atoms with Crippen LogP contribution in [0.4, 0.5) is 4.39 Å². The SMILES string of the molecule is CC(C)(C)N(CCCC#N)CCc1ccc(F)c(P)c1P. The molecule has 0 aliphatic heterocycles. The fraction of sp³-hybridized carbons (Fsp3) is 0.562. The van der Waals surface area contributed by atoms with Gasteiger partial charge >= 0.3 is 0 Å². The molecule has 116 valence electrons. The van der Waals surface area contributed by atoms with E-state index in [0.29, 0.717) is 11.7 Å². The fourth-order valence-electron chi connectivity index (χ4n) is 2.26. The molecule has 2 nitrogen and oxygen atoms in total. The first kappa shape index (κ1) is 18.5. The maximum absolute atomic E-state index is 13.5. The van der Waals surface area contributed by atoms with Crippen LogP contribution in [0.15, 0.2) is 12.1 Å². The van der Waals surface area contributed by atoms with Gasteiger partial charge in [0.2, 0.25) is 0 Å². The van der Waals surface area contributed by atoms with E-state index in [1.807, 2.05) is 6.07 Å². The lowest BCUT2D eigenvalue weighted by Crippen LogP contribution is -2.43. The molecule has 0 heterocycles. The van der Waals surface area contributed by atoms with E-state index in [1.54, 1.807) is 0 Å². The molecule has 0 N–H and O–H groups in total. The third-order valence-electron chi connectivity index (χ3n) is 3.64. The van der Waals surface area contributed by atoms with Crippen molar-refractivity contribution in [3.05, 3.63) is 23.5 Å². The normalized spacial score (nSPS) is 11.7. The third-order valence-corrected chi connectivity index (χ3v) is 5.24. The van der Waals surface area contributed by atoms with Crippen LogP contribution in [0.25, 0.3) is 0 Å². The van der Waals surface area contributed by atoms with Crippen LogP contribution in [-0.2, 0) is 6.42 Å². The second-order valence-corrected chi connectivity index (χ2v) is 7.36. The molecule has 21 heavy (non-hydrogen) atoms. The van der Waals surface area contributed by atoms with Gasteiger partial charge in [-0.2, -0.15) is 5.26 Å². The van der Waals surface area contributed by atoms with Crippen LogP contribution in [0.2, 0.25) is 0 Å². The van der Waals surface area contributed by atoms with Crippen molar-refractivity contribution in [3.63, 3.8) is 0 Å². The van der Waals surface area contributed by atoms with E-state index in [4.69, 9.17) is 5.26 Å². The summed E-state index contributed by atoms with van der Waals surface area (Å²) >= 11 is 0. The van der Waals surface area contributed by atoms with Crippen LogP contribution >= 0.6 is 18.5 Å². The van der Waals surface area contributed by atoms with Gasteiger partial charge in [0.1, 0.15) is 5.82 Å². The van der Waals surface area contributed by atoms with E-state index < -0.39 is 0 Å². The van der Waals surface area contributed by atoms with Crippen molar-refractivity contribution in [3.8, 4) is 6.07 Å². The smallest absolute Gasteiger partial charge is 0.130 e. The Bertz CT molecular complexity index is 518. The predicted molar refractivity (Wildman–Crippen MR) is 95.0 cm³/mol. The zero-order chi connectivity index (χ0) is 16.0. The van der Waals surface area contributed by atoms with Crippen LogP contribution < -0.4 is 10.6 Å². The van der Waals surface area contributed by atoms with Crippen molar-refractivity contribution < 1.29 is 4.39 Å². The summed E-state index contributed by atoms with van der Waals surface area (Å²) in [6.07, 6.45) is 2.36. The van der Waals surface area contributed by atoms with E-state index in [-0.39, 0.29) is 11.4 Å². The summed E-state index contributed by atoms with van der Waals surface area (Å²) in [5.41, 5.74) is 1.22. The average molecular weight is 326 g/mol. The van der Waals surface area contributed by atoms with Crippen molar-refractivity contribution in [2.45, 2.75) is 45.6 Å². The lowest BCUT2D eigenvalue weighted by Gasteiger charge is -2.35. The van der Waals surface area contributed by atoms with Gasteiger partial charge in [-0.15, -0.1) is 18.5 Å². The summed E-state index contributed by atoms with van der Waals surface area (Å²) in [4.78, 5) is 2.39. The van der Waals surface area contributed by atoms with Gasteiger partial charge in [0.25, 0.3) is 0 Å². The molecule has 0 spiro atoms. The Labute approximate surface area is 132 Å². The number of rotatable bonds is 6. The highest BCUT2D eigenvalue weighted by molar-refractivity contribution is 7.36. The van der Waals surface area contributed by atoms with Gasteiger partial charge in [-0.3, -0.25) is 4.90 Å². The van der Waals surface area contributed by atoms with Gasteiger partial charge in [0.05, 0.1) is 6.07 Å². The Morgan fingerprint density at radius 1 is 1.19 bits per heavy atom. The van der Waals surface area contributed by atoms with Gasteiger partial charge in [-0.1, -0.05) is 6.07 Å². The minimum absolute atomic E-state index is 0.0698. The minimum atomic E-state index is -0.185. The molecule has 0 bridgehead atoms. The summed E-state index contributed by atoms with van der Waals surface area (Å²) in [6, 6.07) is 5.59. The molecule has 0 amide bonds. The highest BCUT2D eigenvalue weighted by Crippen LogP contribution is 2.16. The summed E-state index contributed by atoms with van der Waals surface area (Å²) in [7, 11) is 5.11. The lowest BCUT2D eigenvalue weighted by atomic mass is 10.0. The highest BCUT2D eigenvalue weighted by atomic mass is 31.0. The molecular formula is C16H25FN2P2. The van der Waals surface area contributed by atoms with Crippen LogP contribution in [-0.4, -0.2) is 23.5 Å². The van der Waals surface area contributed by atoms with Crippen LogP contribution in [0.3, 0.4) is 0 Å². The van der Waals surface area contributed by atoms with Gasteiger partial charge in [0.15, 0.2) is 0 Å². The molecule has 0 aromatic heterocycles. The molecule has 0 fully saturated rings.